The van der Waals surface area contributed by atoms with Crippen molar-refractivity contribution in [1.82, 2.24) is 15.2 Å². The zero-order chi connectivity index (χ0) is 13.1. The lowest BCUT2D eigenvalue weighted by Gasteiger charge is -2.17. The zero-order valence-corrected chi connectivity index (χ0v) is 11.9. The lowest BCUT2D eigenvalue weighted by molar-refractivity contribution is 0.367. The van der Waals surface area contributed by atoms with E-state index in [1.165, 1.54) is 32.1 Å². The number of aryl methyl sites for hydroxylation is 1. The molecule has 0 bridgehead atoms. The summed E-state index contributed by atoms with van der Waals surface area (Å²) < 4.78 is 5.70. The first-order valence-corrected chi connectivity index (χ1v) is 7.67. The molecule has 102 valence electrons. The lowest BCUT2D eigenvalue weighted by Crippen LogP contribution is -2.04. The molecule has 5 nitrogen and oxygen atoms in total. The van der Waals surface area contributed by atoms with Gasteiger partial charge in [-0.1, -0.05) is 24.4 Å². The number of anilines is 1. The Labute approximate surface area is 116 Å². The molecule has 2 aromatic rings. The highest BCUT2D eigenvalue weighted by atomic mass is 32.1. The molecule has 0 spiro atoms. The van der Waals surface area contributed by atoms with Crippen LogP contribution in [0.3, 0.4) is 0 Å². The van der Waals surface area contributed by atoms with Crippen LogP contribution in [0.15, 0.2) is 9.80 Å². The molecule has 0 atom stereocenters. The third kappa shape index (κ3) is 3.12. The van der Waals surface area contributed by atoms with Crippen molar-refractivity contribution < 1.29 is 4.42 Å². The van der Waals surface area contributed by atoms with Crippen molar-refractivity contribution in [2.75, 3.05) is 5.32 Å². The largest absolute Gasteiger partial charge is 0.408 e. The molecular weight excluding hydrogens is 260 g/mol. The summed E-state index contributed by atoms with van der Waals surface area (Å²) in [5.41, 5.74) is 1.05. The van der Waals surface area contributed by atoms with Crippen molar-refractivity contribution in [2.24, 2.45) is 0 Å². The SMILES string of the molecule is Cc1csc(CNc2nnc(C3CCCCC3)o2)n1. The second kappa shape index (κ2) is 5.69. The fourth-order valence-electron chi connectivity index (χ4n) is 2.46. The second-order valence-corrected chi connectivity index (χ2v) is 5.96. The van der Waals surface area contributed by atoms with E-state index in [4.69, 9.17) is 4.42 Å². The van der Waals surface area contributed by atoms with E-state index in [9.17, 15) is 0 Å². The standard InChI is InChI=1S/C13H18N4OS/c1-9-8-19-11(15-9)7-14-13-17-16-12(18-13)10-5-3-2-4-6-10/h8,10H,2-7H2,1H3,(H,14,17). The summed E-state index contributed by atoms with van der Waals surface area (Å²) in [6.45, 7) is 2.64. The van der Waals surface area contributed by atoms with Gasteiger partial charge in [0.2, 0.25) is 5.89 Å². The minimum Gasteiger partial charge on any atom is -0.408 e. The molecule has 1 aliphatic rings. The van der Waals surface area contributed by atoms with Crippen LogP contribution in [0.2, 0.25) is 0 Å². The monoisotopic (exact) mass is 278 g/mol. The lowest BCUT2D eigenvalue weighted by atomic mass is 9.89. The number of aromatic nitrogens is 3. The quantitative estimate of drug-likeness (QED) is 0.927. The molecule has 0 unspecified atom stereocenters. The van der Waals surface area contributed by atoms with E-state index in [1.807, 2.05) is 12.3 Å². The molecule has 0 radical (unpaired) electrons. The average Bonchev–Trinajstić information content (AvgIpc) is 3.06. The van der Waals surface area contributed by atoms with Gasteiger partial charge in [-0.2, -0.15) is 0 Å². The Balaban J connectivity index is 1.58. The number of thiazole rings is 1. The zero-order valence-electron chi connectivity index (χ0n) is 11.1. The van der Waals surface area contributed by atoms with Gasteiger partial charge >= 0.3 is 6.01 Å². The van der Waals surface area contributed by atoms with E-state index >= 15 is 0 Å². The molecule has 2 heterocycles. The minimum atomic E-state index is 0.457. The summed E-state index contributed by atoms with van der Waals surface area (Å²) in [7, 11) is 0. The van der Waals surface area contributed by atoms with E-state index in [2.05, 4.69) is 20.5 Å². The smallest absolute Gasteiger partial charge is 0.315 e. The molecule has 0 amide bonds. The maximum atomic E-state index is 5.70. The van der Waals surface area contributed by atoms with Crippen LogP contribution in [0.5, 0.6) is 0 Å². The molecule has 2 aromatic heterocycles. The van der Waals surface area contributed by atoms with Crippen molar-refractivity contribution >= 4 is 17.4 Å². The van der Waals surface area contributed by atoms with Gasteiger partial charge in [-0.05, 0) is 19.8 Å². The maximum absolute atomic E-state index is 5.70. The van der Waals surface area contributed by atoms with E-state index in [0.717, 1.165) is 16.6 Å². The van der Waals surface area contributed by atoms with E-state index < -0.39 is 0 Å². The molecule has 1 aliphatic carbocycles. The molecule has 0 aromatic carbocycles. The topological polar surface area (TPSA) is 63.8 Å². The molecule has 1 fully saturated rings. The Morgan fingerprint density at radius 2 is 2.16 bits per heavy atom. The van der Waals surface area contributed by atoms with Crippen LogP contribution >= 0.6 is 11.3 Å². The van der Waals surface area contributed by atoms with Crippen molar-refractivity contribution in [3.8, 4) is 0 Å². The maximum Gasteiger partial charge on any atom is 0.315 e. The highest BCUT2D eigenvalue weighted by molar-refractivity contribution is 7.09. The highest BCUT2D eigenvalue weighted by Crippen LogP contribution is 2.32. The van der Waals surface area contributed by atoms with Crippen LogP contribution in [0, 0.1) is 6.92 Å². The summed E-state index contributed by atoms with van der Waals surface area (Å²) in [6.07, 6.45) is 6.22. The normalized spacial score (nSPS) is 16.7. The number of nitrogens with zero attached hydrogens (tertiary/aromatic N) is 3. The predicted molar refractivity (Wildman–Crippen MR) is 74.3 cm³/mol. The Kier molecular flexibility index (Phi) is 3.77. The first kappa shape index (κ1) is 12.6. The third-order valence-electron chi connectivity index (χ3n) is 3.45. The minimum absolute atomic E-state index is 0.457. The average molecular weight is 278 g/mol. The Morgan fingerprint density at radius 1 is 1.32 bits per heavy atom. The Bertz CT molecular complexity index is 530. The van der Waals surface area contributed by atoms with Gasteiger partial charge in [0, 0.05) is 17.0 Å². The molecule has 1 saturated carbocycles. The number of rotatable bonds is 4. The summed E-state index contributed by atoms with van der Waals surface area (Å²) in [5.74, 6) is 1.25. The summed E-state index contributed by atoms with van der Waals surface area (Å²) in [6, 6.07) is 0.508. The first-order chi connectivity index (χ1) is 9.31. The van der Waals surface area contributed by atoms with Crippen LogP contribution in [0.1, 0.15) is 54.6 Å². The molecule has 19 heavy (non-hydrogen) atoms. The van der Waals surface area contributed by atoms with Crippen molar-refractivity contribution in [3.05, 3.63) is 22.0 Å². The van der Waals surface area contributed by atoms with Crippen LogP contribution in [0.4, 0.5) is 6.01 Å². The van der Waals surface area contributed by atoms with Gasteiger partial charge in [0.1, 0.15) is 5.01 Å². The molecular formula is C13H18N4OS. The van der Waals surface area contributed by atoms with Crippen molar-refractivity contribution in [3.63, 3.8) is 0 Å². The molecule has 1 N–H and O–H groups in total. The summed E-state index contributed by atoms with van der Waals surface area (Å²) >= 11 is 1.64. The van der Waals surface area contributed by atoms with Crippen molar-refractivity contribution in [1.29, 1.82) is 0 Å². The Morgan fingerprint density at radius 3 is 2.89 bits per heavy atom. The summed E-state index contributed by atoms with van der Waals surface area (Å²) in [4.78, 5) is 4.39. The van der Waals surface area contributed by atoms with E-state index in [0.29, 0.717) is 18.5 Å². The summed E-state index contributed by atoms with van der Waals surface area (Å²) in [5, 5.41) is 14.4. The highest BCUT2D eigenvalue weighted by Gasteiger charge is 2.21. The van der Waals surface area contributed by atoms with Crippen LogP contribution < -0.4 is 5.32 Å². The second-order valence-electron chi connectivity index (χ2n) is 5.02. The van der Waals surface area contributed by atoms with Gasteiger partial charge in [0.15, 0.2) is 0 Å². The predicted octanol–water partition coefficient (Wildman–Crippen LogP) is 3.49. The molecule has 0 saturated heterocycles. The Hall–Kier alpha value is -1.43. The van der Waals surface area contributed by atoms with Gasteiger partial charge in [-0.15, -0.1) is 16.4 Å². The van der Waals surface area contributed by atoms with Crippen molar-refractivity contribution in [2.45, 2.75) is 51.5 Å². The van der Waals surface area contributed by atoms with Gasteiger partial charge < -0.3 is 9.73 Å². The first-order valence-electron chi connectivity index (χ1n) is 6.79. The molecule has 0 aliphatic heterocycles. The number of nitrogens with one attached hydrogen (secondary N) is 1. The fraction of sp³-hybridized carbons (Fsp3) is 0.615. The van der Waals surface area contributed by atoms with Gasteiger partial charge in [0.05, 0.1) is 6.54 Å². The van der Waals surface area contributed by atoms with Gasteiger partial charge in [0.25, 0.3) is 0 Å². The number of hydrogen-bond donors (Lipinski definition) is 1. The third-order valence-corrected chi connectivity index (χ3v) is 4.42. The number of hydrogen-bond acceptors (Lipinski definition) is 6. The van der Waals surface area contributed by atoms with E-state index in [1.54, 1.807) is 11.3 Å². The molecule has 6 heteroatoms. The van der Waals surface area contributed by atoms with Crippen LogP contribution in [0.25, 0.3) is 0 Å². The van der Waals surface area contributed by atoms with E-state index in [-0.39, 0.29) is 0 Å². The van der Waals surface area contributed by atoms with Gasteiger partial charge in [-0.3, -0.25) is 0 Å². The van der Waals surface area contributed by atoms with Crippen LogP contribution in [-0.4, -0.2) is 15.2 Å². The molecule has 3 rings (SSSR count). The van der Waals surface area contributed by atoms with Gasteiger partial charge in [-0.25, -0.2) is 4.98 Å². The fourth-order valence-corrected chi connectivity index (χ4v) is 3.17. The van der Waals surface area contributed by atoms with Crippen LogP contribution in [-0.2, 0) is 6.54 Å².